The summed E-state index contributed by atoms with van der Waals surface area (Å²) in [6, 6.07) is 8.03. The first kappa shape index (κ1) is 12.5. The van der Waals surface area contributed by atoms with Gasteiger partial charge in [0.25, 0.3) is 0 Å². The summed E-state index contributed by atoms with van der Waals surface area (Å²) in [4.78, 5) is 0. The third kappa shape index (κ3) is 4.20. The maximum atomic E-state index is 9.12. The van der Waals surface area contributed by atoms with Crippen LogP contribution in [-0.4, -0.2) is 17.8 Å². The van der Waals surface area contributed by atoms with Crippen LogP contribution in [0.3, 0.4) is 0 Å². The molecule has 0 aromatic heterocycles. The molecule has 0 radical (unpaired) electrons. The van der Waals surface area contributed by atoms with Crippen molar-refractivity contribution < 1.29 is 5.11 Å². The molecule has 2 nitrogen and oxygen atoms in total. The topological polar surface area (TPSA) is 32.3 Å². The molecule has 1 rings (SSSR count). The van der Waals surface area contributed by atoms with Crippen LogP contribution in [0.2, 0.25) is 5.02 Å². The largest absolute Gasteiger partial charge is 0.393 e. The van der Waals surface area contributed by atoms with Crippen molar-refractivity contribution in [2.24, 2.45) is 0 Å². The number of hydrogen-bond donors (Lipinski definition) is 2. The second kappa shape index (κ2) is 6.11. The van der Waals surface area contributed by atoms with Crippen LogP contribution >= 0.6 is 11.6 Å². The monoisotopic (exact) mass is 227 g/mol. The summed E-state index contributed by atoms with van der Waals surface area (Å²) in [6.45, 7) is 4.66. The highest BCUT2D eigenvalue weighted by Gasteiger charge is 2.07. The third-order valence-electron chi connectivity index (χ3n) is 2.38. The molecule has 1 aromatic rings. The van der Waals surface area contributed by atoms with E-state index >= 15 is 0 Å². The molecule has 1 aromatic carbocycles. The van der Waals surface area contributed by atoms with E-state index in [0.29, 0.717) is 0 Å². The molecule has 0 saturated carbocycles. The molecule has 3 heteroatoms. The van der Waals surface area contributed by atoms with E-state index in [9.17, 15) is 0 Å². The smallest absolute Gasteiger partial charge is 0.0524 e. The van der Waals surface area contributed by atoms with Crippen LogP contribution in [0.1, 0.15) is 31.9 Å². The molecular formula is C12H18ClNO. The van der Waals surface area contributed by atoms with E-state index in [4.69, 9.17) is 16.7 Å². The minimum absolute atomic E-state index is 0.220. The molecule has 0 bridgehead atoms. The molecule has 0 aliphatic heterocycles. The lowest BCUT2D eigenvalue weighted by Crippen LogP contribution is -2.22. The molecule has 2 atom stereocenters. The Morgan fingerprint density at radius 3 is 2.60 bits per heavy atom. The first-order chi connectivity index (χ1) is 7.11. The highest BCUT2D eigenvalue weighted by Crippen LogP contribution is 2.21. The van der Waals surface area contributed by atoms with E-state index in [1.54, 1.807) is 6.92 Å². The van der Waals surface area contributed by atoms with Gasteiger partial charge in [-0.05, 0) is 38.4 Å². The molecule has 0 aliphatic rings. The number of benzene rings is 1. The number of halogens is 1. The van der Waals surface area contributed by atoms with Crippen molar-refractivity contribution in [2.45, 2.75) is 32.4 Å². The summed E-state index contributed by atoms with van der Waals surface area (Å²) in [7, 11) is 0. The minimum Gasteiger partial charge on any atom is -0.393 e. The van der Waals surface area contributed by atoms with Crippen LogP contribution in [-0.2, 0) is 0 Å². The van der Waals surface area contributed by atoms with Gasteiger partial charge in [-0.15, -0.1) is 0 Å². The van der Waals surface area contributed by atoms with Gasteiger partial charge in [0, 0.05) is 11.1 Å². The summed E-state index contributed by atoms with van der Waals surface area (Å²) in [5.41, 5.74) is 1.10. The molecule has 2 N–H and O–H groups in total. The lowest BCUT2D eigenvalue weighted by molar-refractivity contribution is 0.182. The van der Waals surface area contributed by atoms with Crippen molar-refractivity contribution in [3.05, 3.63) is 34.9 Å². The van der Waals surface area contributed by atoms with Gasteiger partial charge in [-0.1, -0.05) is 29.8 Å². The average molecular weight is 228 g/mol. The van der Waals surface area contributed by atoms with Crippen LogP contribution in [0.4, 0.5) is 0 Å². The summed E-state index contributed by atoms with van der Waals surface area (Å²) in [6.07, 6.45) is 0.505. The van der Waals surface area contributed by atoms with Gasteiger partial charge in [0.1, 0.15) is 0 Å². The third-order valence-corrected chi connectivity index (χ3v) is 2.73. The Hall–Kier alpha value is -0.570. The Morgan fingerprint density at radius 1 is 1.33 bits per heavy atom. The quantitative estimate of drug-likeness (QED) is 0.811. The zero-order chi connectivity index (χ0) is 11.3. The Balaban J connectivity index is 2.47. The fourth-order valence-electron chi connectivity index (χ4n) is 1.44. The lowest BCUT2D eigenvalue weighted by Gasteiger charge is -2.16. The van der Waals surface area contributed by atoms with Crippen LogP contribution in [0.5, 0.6) is 0 Å². The van der Waals surface area contributed by atoms with Gasteiger partial charge < -0.3 is 10.4 Å². The fraction of sp³-hybridized carbons (Fsp3) is 0.500. The number of rotatable bonds is 5. The second-order valence-corrected chi connectivity index (χ2v) is 4.24. The molecule has 0 amide bonds. The van der Waals surface area contributed by atoms with Crippen molar-refractivity contribution in [2.75, 3.05) is 6.54 Å². The van der Waals surface area contributed by atoms with E-state index < -0.39 is 0 Å². The Morgan fingerprint density at radius 2 is 2.00 bits per heavy atom. The summed E-state index contributed by atoms with van der Waals surface area (Å²) >= 11 is 6.07. The summed E-state index contributed by atoms with van der Waals surface area (Å²) < 4.78 is 0. The van der Waals surface area contributed by atoms with Crippen LogP contribution in [0, 0.1) is 0 Å². The van der Waals surface area contributed by atoms with E-state index in [0.717, 1.165) is 23.6 Å². The van der Waals surface area contributed by atoms with Crippen molar-refractivity contribution in [1.82, 2.24) is 5.32 Å². The second-order valence-electron chi connectivity index (χ2n) is 3.84. The van der Waals surface area contributed by atoms with Crippen LogP contribution in [0.25, 0.3) is 0 Å². The fourth-order valence-corrected chi connectivity index (χ4v) is 1.74. The standard InChI is InChI=1S/C12H18ClNO/c1-9(15)7-8-14-10(2)11-5-3-4-6-12(11)13/h3-6,9-10,14-15H,7-8H2,1-2H3/t9-,10+/m1/s1. The Bertz CT molecular complexity index is 301. The zero-order valence-corrected chi connectivity index (χ0v) is 9.96. The molecule has 0 spiro atoms. The van der Waals surface area contributed by atoms with E-state index in [1.807, 2.05) is 24.3 Å². The SMILES string of the molecule is C[C@H](NCC[C@@H](C)O)c1ccccc1Cl. The van der Waals surface area contributed by atoms with Gasteiger partial charge in [-0.3, -0.25) is 0 Å². The van der Waals surface area contributed by atoms with E-state index in [1.165, 1.54) is 0 Å². The molecular weight excluding hydrogens is 210 g/mol. The number of nitrogens with one attached hydrogen (secondary N) is 1. The van der Waals surface area contributed by atoms with E-state index in [-0.39, 0.29) is 12.1 Å². The maximum absolute atomic E-state index is 9.12. The normalized spacial score (nSPS) is 14.9. The number of hydrogen-bond acceptors (Lipinski definition) is 2. The predicted octanol–water partition coefficient (Wildman–Crippen LogP) is 2.76. The highest BCUT2D eigenvalue weighted by atomic mass is 35.5. The van der Waals surface area contributed by atoms with Crippen LogP contribution in [0.15, 0.2) is 24.3 Å². The molecule has 0 unspecified atom stereocenters. The van der Waals surface area contributed by atoms with Crippen molar-refractivity contribution in [1.29, 1.82) is 0 Å². The molecule has 84 valence electrons. The molecule has 0 saturated heterocycles. The Kier molecular flexibility index (Phi) is 5.09. The Labute approximate surface area is 96.3 Å². The maximum Gasteiger partial charge on any atom is 0.0524 e. The van der Waals surface area contributed by atoms with E-state index in [2.05, 4.69) is 12.2 Å². The molecule has 15 heavy (non-hydrogen) atoms. The number of aliphatic hydroxyl groups is 1. The minimum atomic E-state index is -0.254. The van der Waals surface area contributed by atoms with Crippen molar-refractivity contribution in [3.63, 3.8) is 0 Å². The van der Waals surface area contributed by atoms with Gasteiger partial charge in [-0.25, -0.2) is 0 Å². The van der Waals surface area contributed by atoms with Gasteiger partial charge in [0.15, 0.2) is 0 Å². The lowest BCUT2D eigenvalue weighted by atomic mass is 10.1. The van der Waals surface area contributed by atoms with Gasteiger partial charge in [0.05, 0.1) is 6.10 Å². The van der Waals surface area contributed by atoms with Gasteiger partial charge >= 0.3 is 0 Å². The first-order valence-corrected chi connectivity index (χ1v) is 5.65. The van der Waals surface area contributed by atoms with Gasteiger partial charge in [0.2, 0.25) is 0 Å². The van der Waals surface area contributed by atoms with Crippen LogP contribution < -0.4 is 5.32 Å². The average Bonchev–Trinajstić information content (AvgIpc) is 2.17. The molecule has 0 aliphatic carbocycles. The molecule has 0 fully saturated rings. The molecule has 0 heterocycles. The number of aliphatic hydroxyl groups excluding tert-OH is 1. The highest BCUT2D eigenvalue weighted by molar-refractivity contribution is 6.31. The van der Waals surface area contributed by atoms with Crippen molar-refractivity contribution >= 4 is 11.6 Å². The van der Waals surface area contributed by atoms with Gasteiger partial charge in [-0.2, -0.15) is 0 Å². The summed E-state index contributed by atoms with van der Waals surface area (Å²) in [5.74, 6) is 0. The van der Waals surface area contributed by atoms with Crippen molar-refractivity contribution in [3.8, 4) is 0 Å². The summed E-state index contributed by atoms with van der Waals surface area (Å²) in [5, 5.41) is 13.2. The predicted molar refractivity (Wildman–Crippen MR) is 64.2 cm³/mol. The first-order valence-electron chi connectivity index (χ1n) is 5.27. The zero-order valence-electron chi connectivity index (χ0n) is 9.20.